The zero-order valence-electron chi connectivity index (χ0n) is 10.1. The van der Waals surface area contributed by atoms with E-state index >= 15 is 0 Å². The minimum Gasteiger partial charge on any atom is -0.396 e. The second-order valence-corrected chi connectivity index (χ2v) is 3.66. The molecule has 1 rings (SSSR count). The summed E-state index contributed by atoms with van der Waals surface area (Å²) in [5.41, 5.74) is 5.34. The number of halogens is 1. The number of nitrogen functional groups attached to an aromatic ring is 1. The zero-order chi connectivity index (χ0) is 13.5. The lowest BCUT2D eigenvalue weighted by atomic mass is 10.1. The number of hydrogen-bond acceptors (Lipinski definition) is 3. The molecule has 0 aliphatic rings. The Morgan fingerprint density at radius 3 is 2.72 bits per heavy atom. The van der Waals surface area contributed by atoms with Gasteiger partial charge in [-0.15, -0.1) is 0 Å². The summed E-state index contributed by atoms with van der Waals surface area (Å²) in [6.07, 6.45) is 0.175. The minimum atomic E-state index is -0.633. The third kappa shape index (κ3) is 3.73. The van der Waals surface area contributed by atoms with E-state index in [0.717, 1.165) is 0 Å². The highest BCUT2D eigenvalue weighted by atomic mass is 19.1. The molecule has 0 spiro atoms. The molecule has 0 radical (unpaired) electrons. The van der Waals surface area contributed by atoms with Gasteiger partial charge in [-0.05, 0) is 19.1 Å². The maximum Gasteiger partial charge on any atom is 0.253 e. The molecule has 4 N–H and O–H groups in total. The largest absolute Gasteiger partial charge is 0.396 e. The number of nitrogens with two attached hydrogens (primary N) is 1. The summed E-state index contributed by atoms with van der Waals surface area (Å²) in [4.78, 5) is 22.8. The van der Waals surface area contributed by atoms with Crippen molar-refractivity contribution in [3.63, 3.8) is 0 Å². The Kier molecular flexibility index (Phi) is 5.10. The molecule has 0 unspecified atom stereocenters. The summed E-state index contributed by atoms with van der Waals surface area (Å²) in [6.45, 7) is 2.54. The summed E-state index contributed by atoms with van der Waals surface area (Å²) in [5, 5.41) is 5.11. The molecule has 18 heavy (non-hydrogen) atoms. The maximum atomic E-state index is 13.1. The van der Waals surface area contributed by atoms with Crippen molar-refractivity contribution in [1.29, 1.82) is 0 Å². The number of para-hydroxylation sites is 1. The topological polar surface area (TPSA) is 84.2 Å². The molecule has 0 aliphatic carbocycles. The first-order valence-electron chi connectivity index (χ1n) is 5.65. The van der Waals surface area contributed by atoms with Crippen LogP contribution in [0.15, 0.2) is 18.2 Å². The van der Waals surface area contributed by atoms with Crippen LogP contribution in [0.25, 0.3) is 0 Å². The van der Waals surface area contributed by atoms with Crippen LogP contribution in [0.4, 0.5) is 10.1 Å². The fourth-order valence-corrected chi connectivity index (χ4v) is 1.41. The van der Waals surface area contributed by atoms with Gasteiger partial charge in [0, 0.05) is 19.5 Å². The first-order chi connectivity index (χ1) is 8.56. The van der Waals surface area contributed by atoms with E-state index in [1.165, 1.54) is 18.2 Å². The SMILES string of the molecule is CCNC(=O)CCNC(=O)c1cccc(F)c1N. The summed E-state index contributed by atoms with van der Waals surface area (Å²) in [6, 6.07) is 4.02. The summed E-state index contributed by atoms with van der Waals surface area (Å²) >= 11 is 0. The van der Waals surface area contributed by atoms with Gasteiger partial charge >= 0.3 is 0 Å². The molecular weight excluding hydrogens is 237 g/mol. The average Bonchev–Trinajstić information content (AvgIpc) is 2.33. The number of hydrogen-bond donors (Lipinski definition) is 3. The van der Waals surface area contributed by atoms with Crippen molar-refractivity contribution in [1.82, 2.24) is 10.6 Å². The van der Waals surface area contributed by atoms with Gasteiger partial charge in [-0.2, -0.15) is 0 Å². The molecule has 0 saturated carbocycles. The molecule has 0 heterocycles. The van der Waals surface area contributed by atoms with Crippen LogP contribution in [0.5, 0.6) is 0 Å². The zero-order valence-corrected chi connectivity index (χ0v) is 10.1. The Morgan fingerprint density at radius 2 is 2.06 bits per heavy atom. The summed E-state index contributed by atoms with van der Waals surface area (Å²) in [5.74, 6) is -1.27. The predicted octanol–water partition coefficient (Wildman–Crippen LogP) is 0.664. The van der Waals surface area contributed by atoms with E-state index in [0.29, 0.717) is 6.54 Å². The summed E-state index contributed by atoms with van der Waals surface area (Å²) in [7, 11) is 0. The molecular formula is C12H16FN3O2. The van der Waals surface area contributed by atoms with Crippen molar-refractivity contribution in [2.75, 3.05) is 18.8 Å². The second kappa shape index (κ2) is 6.58. The number of rotatable bonds is 5. The van der Waals surface area contributed by atoms with Crippen LogP contribution in [-0.2, 0) is 4.79 Å². The molecule has 0 bridgehead atoms. The molecule has 1 aromatic carbocycles. The van der Waals surface area contributed by atoms with Crippen LogP contribution < -0.4 is 16.4 Å². The van der Waals surface area contributed by atoms with Gasteiger partial charge in [0.15, 0.2) is 0 Å². The van der Waals surface area contributed by atoms with Crippen LogP contribution in [0, 0.1) is 5.82 Å². The molecule has 2 amide bonds. The van der Waals surface area contributed by atoms with Crippen LogP contribution in [-0.4, -0.2) is 24.9 Å². The van der Waals surface area contributed by atoms with Crippen molar-refractivity contribution in [2.24, 2.45) is 0 Å². The van der Waals surface area contributed by atoms with Crippen molar-refractivity contribution in [2.45, 2.75) is 13.3 Å². The van der Waals surface area contributed by atoms with Crippen molar-refractivity contribution >= 4 is 17.5 Å². The molecule has 0 saturated heterocycles. The van der Waals surface area contributed by atoms with E-state index in [9.17, 15) is 14.0 Å². The second-order valence-electron chi connectivity index (χ2n) is 3.66. The molecule has 0 atom stereocenters. The molecule has 98 valence electrons. The monoisotopic (exact) mass is 253 g/mol. The number of benzene rings is 1. The smallest absolute Gasteiger partial charge is 0.253 e. The Labute approximate surface area is 105 Å². The third-order valence-electron chi connectivity index (χ3n) is 2.31. The lowest BCUT2D eigenvalue weighted by molar-refractivity contribution is -0.120. The van der Waals surface area contributed by atoms with Crippen molar-refractivity contribution in [3.8, 4) is 0 Å². The van der Waals surface area contributed by atoms with Crippen molar-refractivity contribution < 1.29 is 14.0 Å². The van der Waals surface area contributed by atoms with Crippen LogP contribution in [0.3, 0.4) is 0 Å². The van der Waals surface area contributed by atoms with Gasteiger partial charge in [-0.25, -0.2) is 4.39 Å². The highest BCUT2D eigenvalue weighted by Crippen LogP contribution is 2.15. The normalized spacial score (nSPS) is 9.89. The average molecular weight is 253 g/mol. The number of nitrogens with one attached hydrogen (secondary N) is 2. The highest BCUT2D eigenvalue weighted by molar-refractivity contribution is 5.99. The third-order valence-corrected chi connectivity index (χ3v) is 2.31. The van der Waals surface area contributed by atoms with E-state index in [1.807, 2.05) is 6.92 Å². The van der Waals surface area contributed by atoms with E-state index in [4.69, 9.17) is 5.73 Å². The van der Waals surface area contributed by atoms with Crippen LogP contribution in [0.2, 0.25) is 0 Å². The van der Waals surface area contributed by atoms with Crippen LogP contribution >= 0.6 is 0 Å². The highest BCUT2D eigenvalue weighted by Gasteiger charge is 2.12. The van der Waals surface area contributed by atoms with Gasteiger partial charge in [-0.1, -0.05) is 6.07 Å². The van der Waals surface area contributed by atoms with Gasteiger partial charge in [0.1, 0.15) is 5.82 Å². The first kappa shape index (κ1) is 14.0. The van der Waals surface area contributed by atoms with Crippen LogP contribution in [0.1, 0.15) is 23.7 Å². The van der Waals surface area contributed by atoms with E-state index in [2.05, 4.69) is 10.6 Å². The van der Waals surface area contributed by atoms with E-state index in [-0.39, 0.29) is 30.1 Å². The Morgan fingerprint density at radius 1 is 1.33 bits per heavy atom. The number of anilines is 1. The Hall–Kier alpha value is -2.11. The maximum absolute atomic E-state index is 13.1. The Bertz CT molecular complexity index is 449. The first-order valence-corrected chi connectivity index (χ1v) is 5.65. The van der Waals surface area contributed by atoms with Gasteiger partial charge in [0.05, 0.1) is 11.3 Å². The molecule has 0 aromatic heterocycles. The standard InChI is InChI=1S/C12H16FN3O2/c1-2-15-10(17)6-7-16-12(18)8-4-3-5-9(13)11(8)14/h3-5H,2,6-7,14H2,1H3,(H,15,17)(H,16,18). The fourth-order valence-electron chi connectivity index (χ4n) is 1.41. The van der Waals surface area contributed by atoms with Crippen molar-refractivity contribution in [3.05, 3.63) is 29.6 Å². The predicted molar refractivity (Wildman–Crippen MR) is 66.4 cm³/mol. The van der Waals surface area contributed by atoms with Gasteiger partial charge in [0.25, 0.3) is 5.91 Å². The van der Waals surface area contributed by atoms with E-state index < -0.39 is 11.7 Å². The Balaban J connectivity index is 2.51. The molecule has 1 aromatic rings. The van der Waals surface area contributed by atoms with E-state index in [1.54, 1.807) is 0 Å². The van der Waals surface area contributed by atoms with Gasteiger partial charge < -0.3 is 16.4 Å². The number of amides is 2. The number of carbonyl (C=O) groups is 2. The quantitative estimate of drug-likeness (QED) is 0.674. The van der Waals surface area contributed by atoms with Gasteiger partial charge in [-0.3, -0.25) is 9.59 Å². The lowest BCUT2D eigenvalue weighted by Gasteiger charge is -2.07. The number of carbonyl (C=O) groups excluding carboxylic acids is 2. The molecule has 6 heteroatoms. The minimum absolute atomic E-state index is 0.0749. The summed E-state index contributed by atoms with van der Waals surface area (Å²) < 4.78 is 13.1. The molecule has 0 aliphatic heterocycles. The van der Waals surface area contributed by atoms with Gasteiger partial charge in [0.2, 0.25) is 5.91 Å². The molecule has 5 nitrogen and oxygen atoms in total. The fraction of sp³-hybridized carbons (Fsp3) is 0.333. The molecule has 0 fully saturated rings. The lowest BCUT2D eigenvalue weighted by Crippen LogP contribution is -2.31.